The largest absolute Gasteiger partial charge is 0.352 e. The highest BCUT2D eigenvalue weighted by Crippen LogP contribution is 2.12. The summed E-state index contributed by atoms with van der Waals surface area (Å²) >= 11 is 5.12. The number of thiocarbonyl (C=S) groups is 1. The lowest BCUT2D eigenvalue weighted by molar-refractivity contribution is -0.121. The molecule has 19 heavy (non-hydrogen) atoms. The normalized spacial score (nSPS) is 10.2. The molecule has 1 aromatic carbocycles. The molecule has 0 saturated heterocycles. The highest BCUT2D eigenvalue weighted by molar-refractivity contribution is 7.80. The van der Waals surface area contributed by atoms with Crippen LogP contribution in [-0.4, -0.2) is 35.6 Å². The van der Waals surface area contributed by atoms with Crippen LogP contribution in [0.3, 0.4) is 0 Å². The SMILES string of the molecule is CC(C)NC(=O)CN(C)C(=S)Nc1ccccc1F. The maximum Gasteiger partial charge on any atom is 0.239 e. The van der Waals surface area contributed by atoms with E-state index in [1.165, 1.54) is 6.07 Å². The summed E-state index contributed by atoms with van der Waals surface area (Å²) in [5.74, 6) is -0.514. The Bertz CT molecular complexity index is 465. The van der Waals surface area contributed by atoms with Crippen molar-refractivity contribution in [3.8, 4) is 0 Å². The van der Waals surface area contributed by atoms with Gasteiger partial charge in [-0.15, -0.1) is 0 Å². The van der Waals surface area contributed by atoms with Crippen LogP contribution in [0.25, 0.3) is 0 Å². The minimum atomic E-state index is -0.384. The maximum atomic E-state index is 13.4. The fourth-order valence-corrected chi connectivity index (χ4v) is 1.60. The molecule has 2 N–H and O–H groups in total. The molecule has 104 valence electrons. The molecule has 0 aliphatic heterocycles. The van der Waals surface area contributed by atoms with Gasteiger partial charge in [0.15, 0.2) is 5.11 Å². The summed E-state index contributed by atoms with van der Waals surface area (Å²) in [4.78, 5) is 13.1. The Balaban J connectivity index is 2.54. The van der Waals surface area contributed by atoms with Gasteiger partial charge < -0.3 is 15.5 Å². The summed E-state index contributed by atoms with van der Waals surface area (Å²) in [6.07, 6.45) is 0. The number of benzene rings is 1. The summed E-state index contributed by atoms with van der Waals surface area (Å²) in [6, 6.07) is 6.32. The number of hydrogen-bond donors (Lipinski definition) is 2. The predicted molar refractivity (Wildman–Crippen MR) is 78.5 cm³/mol. The first-order chi connectivity index (χ1) is 8.90. The fourth-order valence-electron chi connectivity index (χ4n) is 1.43. The molecular weight excluding hydrogens is 265 g/mol. The molecule has 6 heteroatoms. The lowest BCUT2D eigenvalue weighted by atomic mass is 10.3. The molecule has 0 aliphatic carbocycles. The lowest BCUT2D eigenvalue weighted by Gasteiger charge is -2.21. The topological polar surface area (TPSA) is 44.4 Å². The maximum absolute atomic E-state index is 13.4. The van der Waals surface area contributed by atoms with Gasteiger partial charge in [0.1, 0.15) is 5.82 Å². The Morgan fingerprint density at radius 3 is 2.63 bits per heavy atom. The number of anilines is 1. The average Bonchev–Trinajstić information content (AvgIpc) is 2.30. The van der Waals surface area contributed by atoms with E-state index in [-0.39, 0.29) is 24.3 Å². The highest BCUT2D eigenvalue weighted by Gasteiger charge is 2.11. The van der Waals surface area contributed by atoms with Crippen LogP contribution in [0, 0.1) is 5.82 Å². The van der Waals surface area contributed by atoms with Crippen molar-refractivity contribution < 1.29 is 9.18 Å². The van der Waals surface area contributed by atoms with Crippen molar-refractivity contribution >= 4 is 28.9 Å². The lowest BCUT2D eigenvalue weighted by Crippen LogP contribution is -2.42. The van der Waals surface area contributed by atoms with Crippen LogP contribution >= 0.6 is 12.2 Å². The van der Waals surface area contributed by atoms with Gasteiger partial charge in [-0.1, -0.05) is 12.1 Å². The van der Waals surface area contributed by atoms with E-state index in [0.717, 1.165) is 0 Å². The first-order valence-corrected chi connectivity index (χ1v) is 6.37. The molecule has 0 aliphatic rings. The van der Waals surface area contributed by atoms with Crippen LogP contribution in [0.15, 0.2) is 24.3 Å². The number of nitrogens with zero attached hydrogens (tertiary/aromatic N) is 1. The molecule has 0 heterocycles. The van der Waals surface area contributed by atoms with Crippen LogP contribution in [0.4, 0.5) is 10.1 Å². The summed E-state index contributed by atoms with van der Waals surface area (Å²) < 4.78 is 13.4. The smallest absolute Gasteiger partial charge is 0.239 e. The summed E-state index contributed by atoms with van der Waals surface area (Å²) in [7, 11) is 1.68. The zero-order chi connectivity index (χ0) is 14.4. The Morgan fingerprint density at radius 2 is 2.05 bits per heavy atom. The Labute approximate surface area is 118 Å². The van der Waals surface area contributed by atoms with E-state index >= 15 is 0 Å². The first-order valence-electron chi connectivity index (χ1n) is 5.96. The summed E-state index contributed by atoms with van der Waals surface area (Å²) in [5.41, 5.74) is 0.295. The molecule has 0 spiro atoms. The third kappa shape index (κ3) is 5.21. The quantitative estimate of drug-likeness (QED) is 0.829. The fraction of sp³-hybridized carbons (Fsp3) is 0.385. The zero-order valence-electron chi connectivity index (χ0n) is 11.2. The molecule has 0 radical (unpaired) electrons. The van der Waals surface area contributed by atoms with Crippen molar-refractivity contribution in [2.24, 2.45) is 0 Å². The molecule has 0 saturated carbocycles. The molecule has 1 rings (SSSR count). The van der Waals surface area contributed by atoms with Gasteiger partial charge >= 0.3 is 0 Å². The average molecular weight is 283 g/mol. The molecule has 0 atom stereocenters. The molecular formula is C13H18FN3OS. The van der Waals surface area contributed by atoms with Gasteiger partial charge in [-0.25, -0.2) is 4.39 Å². The number of halogens is 1. The van der Waals surface area contributed by atoms with Gasteiger partial charge in [-0.05, 0) is 38.2 Å². The number of rotatable bonds is 4. The van der Waals surface area contributed by atoms with Crippen molar-refractivity contribution in [2.45, 2.75) is 19.9 Å². The number of nitrogens with one attached hydrogen (secondary N) is 2. The Morgan fingerprint density at radius 1 is 1.42 bits per heavy atom. The van der Waals surface area contributed by atoms with Crippen molar-refractivity contribution in [1.82, 2.24) is 10.2 Å². The summed E-state index contributed by atoms with van der Waals surface area (Å²) in [5, 5.41) is 5.83. The minimum absolute atomic E-state index is 0.0778. The van der Waals surface area contributed by atoms with Crippen molar-refractivity contribution in [2.75, 3.05) is 18.9 Å². The Hall–Kier alpha value is -1.69. The van der Waals surface area contributed by atoms with Gasteiger partial charge in [-0.2, -0.15) is 0 Å². The van der Waals surface area contributed by atoms with Crippen LogP contribution in [0.2, 0.25) is 0 Å². The molecule has 1 aromatic rings. The van der Waals surface area contributed by atoms with Crippen LogP contribution in [0.1, 0.15) is 13.8 Å². The van der Waals surface area contributed by atoms with Crippen LogP contribution in [-0.2, 0) is 4.79 Å². The first kappa shape index (κ1) is 15.4. The van der Waals surface area contributed by atoms with Crippen LogP contribution < -0.4 is 10.6 Å². The van der Waals surface area contributed by atoms with E-state index in [9.17, 15) is 9.18 Å². The Kier molecular flexibility index (Phi) is 5.69. The highest BCUT2D eigenvalue weighted by atomic mass is 32.1. The van der Waals surface area contributed by atoms with E-state index in [4.69, 9.17) is 12.2 Å². The third-order valence-electron chi connectivity index (χ3n) is 2.29. The number of hydrogen-bond acceptors (Lipinski definition) is 2. The number of amides is 1. The molecule has 0 fully saturated rings. The second kappa shape index (κ2) is 7.04. The van der Waals surface area contributed by atoms with E-state index < -0.39 is 0 Å². The second-order valence-corrected chi connectivity index (χ2v) is 4.87. The minimum Gasteiger partial charge on any atom is -0.352 e. The monoisotopic (exact) mass is 283 g/mol. The number of likely N-dealkylation sites (N-methyl/N-ethyl adjacent to an activating group) is 1. The van der Waals surface area contributed by atoms with Crippen molar-refractivity contribution in [3.63, 3.8) is 0 Å². The molecule has 1 amide bonds. The second-order valence-electron chi connectivity index (χ2n) is 4.49. The van der Waals surface area contributed by atoms with Gasteiger partial charge in [0.25, 0.3) is 0 Å². The van der Waals surface area contributed by atoms with E-state index in [0.29, 0.717) is 10.8 Å². The summed E-state index contributed by atoms with van der Waals surface area (Å²) in [6.45, 7) is 3.89. The third-order valence-corrected chi connectivity index (χ3v) is 2.71. The van der Waals surface area contributed by atoms with Crippen molar-refractivity contribution in [3.05, 3.63) is 30.1 Å². The van der Waals surface area contributed by atoms with Crippen molar-refractivity contribution in [1.29, 1.82) is 0 Å². The van der Waals surface area contributed by atoms with E-state index in [1.807, 2.05) is 13.8 Å². The molecule has 4 nitrogen and oxygen atoms in total. The number of para-hydroxylation sites is 1. The van der Waals surface area contributed by atoms with Gasteiger partial charge in [0.2, 0.25) is 5.91 Å². The predicted octanol–water partition coefficient (Wildman–Crippen LogP) is 1.98. The zero-order valence-corrected chi connectivity index (χ0v) is 12.1. The molecule has 0 aromatic heterocycles. The van der Waals surface area contributed by atoms with Gasteiger partial charge in [-0.3, -0.25) is 4.79 Å². The number of carbonyl (C=O) groups is 1. The van der Waals surface area contributed by atoms with Crippen LogP contribution in [0.5, 0.6) is 0 Å². The number of carbonyl (C=O) groups excluding carboxylic acids is 1. The standard InChI is InChI=1S/C13H18FN3OS/c1-9(2)15-12(18)8-17(3)13(19)16-11-7-5-4-6-10(11)14/h4-7,9H,8H2,1-3H3,(H,15,18)(H,16,19). The molecule has 0 unspecified atom stereocenters. The van der Waals surface area contributed by atoms with E-state index in [2.05, 4.69) is 10.6 Å². The van der Waals surface area contributed by atoms with E-state index in [1.54, 1.807) is 30.1 Å². The molecule has 0 bridgehead atoms. The van der Waals surface area contributed by atoms with Gasteiger partial charge in [0, 0.05) is 13.1 Å². The van der Waals surface area contributed by atoms with Gasteiger partial charge in [0.05, 0.1) is 12.2 Å².